The summed E-state index contributed by atoms with van der Waals surface area (Å²) in [6, 6.07) is 0. The van der Waals surface area contributed by atoms with Gasteiger partial charge in [0.2, 0.25) is 5.28 Å². The van der Waals surface area contributed by atoms with Crippen LogP contribution in [0.3, 0.4) is 0 Å². The molecule has 0 amide bonds. The van der Waals surface area contributed by atoms with Gasteiger partial charge in [-0.1, -0.05) is 5.11 Å². The Bertz CT molecular complexity index is 520. The molecule has 0 aliphatic rings. The van der Waals surface area contributed by atoms with Gasteiger partial charge >= 0.3 is 5.97 Å². The normalized spacial score (nSPS) is 13.3. The maximum Gasteiger partial charge on any atom is 0.329 e. The molecule has 1 heterocycles. The Morgan fingerprint density at radius 2 is 2.50 bits per heavy atom. The summed E-state index contributed by atoms with van der Waals surface area (Å²) in [5.41, 5.74) is 6.49. The molecular formula is C8H8ClFN6O2. The molecule has 0 fully saturated rings. The molecular weight excluding hydrogens is 267 g/mol. The minimum Gasteiger partial charge on any atom is -0.480 e. The van der Waals surface area contributed by atoms with Gasteiger partial charge in [-0.15, -0.1) is 0 Å². The van der Waals surface area contributed by atoms with Crippen molar-refractivity contribution in [1.82, 2.24) is 9.97 Å². The molecule has 1 aromatic heterocycles. The number of carbonyl (C=O) groups is 1. The van der Waals surface area contributed by atoms with Crippen LogP contribution < -0.4 is 5.32 Å². The molecule has 0 aliphatic heterocycles. The summed E-state index contributed by atoms with van der Waals surface area (Å²) < 4.78 is 13.3. The van der Waals surface area contributed by atoms with Crippen molar-refractivity contribution in [3.05, 3.63) is 27.7 Å². The number of azide groups is 1. The van der Waals surface area contributed by atoms with Gasteiger partial charge in [0.15, 0.2) is 11.6 Å². The molecule has 0 aromatic carbocycles. The van der Waals surface area contributed by atoms with Gasteiger partial charge in [-0.3, -0.25) is 0 Å². The number of hydrogen-bond acceptors (Lipinski definition) is 5. The smallest absolute Gasteiger partial charge is 0.329 e. The lowest BCUT2D eigenvalue weighted by molar-refractivity contribution is -0.141. The molecule has 18 heavy (non-hydrogen) atoms. The van der Waals surface area contributed by atoms with Gasteiger partial charge in [-0.25, -0.2) is 14.2 Å². The van der Waals surface area contributed by atoms with Crippen LogP contribution in [-0.4, -0.2) is 33.1 Å². The zero-order valence-electron chi connectivity index (χ0n) is 9.13. The minimum atomic E-state index is -1.70. The molecule has 0 bridgehead atoms. The van der Waals surface area contributed by atoms with Crippen LogP contribution in [-0.2, 0) is 4.79 Å². The Morgan fingerprint density at radius 1 is 1.83 bits per heavy atom. The van der Waals surface area contributed by atoms with Crippen LogP contribution in [0.4, 0.5) is 10.2 Å². The van der Waals surface area contributed by atoms with Gasteiger partial charge in [0.1, 0.15) is 5.54 Å². The largest absolute Gasteiger partial charge is 0.480 e. The fourth-order valence-electron chi connectivity index (χ4n) is 1.03. The van der Waals surface area contributed by atoms with Crippen LogP contribution >= 0.6 is 11.6 Å². The van der Waals surface area contributed by atoms with Crippen molar-refractivity contribution < 1.29 is 14.3 Å². The number of aliphatic carboxylic acids is 1. The van der Waals surface area contributed by atoms with Gasteiger partial charge in [0, 0.05) is 4.91 Å². The number of rotatable bonds is 5. The van der Waals surface area contributed by atoms with Gasteiger partial charge in [-0.05, 0) is 24.1 Å². The monoisotopic (exact) mass is 274 g/mol. The van der Waals surface area contributed by atoms with E-state index in [1.165, 1.54) is 6.92 Å². The van der Waals surface area contributed by atoms with Crippen LogP contribution in [0.25, 0.3) is 10.4 Å². The Morgan fingerprint density at radius 3 is 3.06 bits per heavy atom. The summed E-state index contributed by atoms with van der Waals surface area (Å²) in [5.74, 6) is -2.58. The third-order valence-electron chi connectivity index (χ3n) is 2.03. The van der Waals surface area contributed by atoms with Crippen LogP contribution in [0.15, 0.2) is 11.3 Å². The van der Waals surface area contributed by atoms with E-state index in [0.29, 0.717) is 0 Å². The maximum absolute atomic E-state index is 13.3. The third-order valence-corrected chi connectivity index (χ3v) is 2.21. The Kier molecular flexibility index (Phi) is 4.24. The van der Waals surface area contributed by atoms with Crippen molar-refractivity contribution in [3.63, 3.8) is 0 Å². The molecule has 1 unspecified atom stereocenters. The molecule has 96 valence electrons. The molecule has 1 aromatic rings. The van der Waals surface area contributed by atoms with Crippen LogP contribution in [0.5, 0.6) is 0 Å². The van der Waals surface area contributed by atoms with Gasteiger partial charge in [0.05, 0.1) is 12.7 Å². The van der Waals surface area contributed by atoms with E-state index in [1.54, 1.807) is 0 Å². The minimum absolute atomic E-state index is 0.240. The fraction of sp³-hybridized carbons (Fsp3) is 0.375. The number of halogens is 2. The highest BCUT2D eigenvalue weighted by Crippen LogP contribution is 2.18. The molecule has 0 saturated carbocycles. The van der Waals surface area contributed by atoms with Gasteiger partial charge in [0.25, 0.3) is 0 Å². The van der Waals surface area contributed by atoms with Crippen LogP contribution in [0.1, 0.15) is 6.92 Å². The molecule has 0 radical (unpaired) electrons. The van der Waals surface area contributed by atoms with Crippen molar-refractivity contribution in [2.45, 2.75) is 12.5 Å². The molecule has 1 rings (SSSR count). The zero-order valence-corrected chi connectivity index (χ0v) is 9.89. The van der Waals surface area contributed by atoms with Crippen molar-refractivity contribution in [1.29, 1.82) is 0 Å². The zero-order chi connectivity index (χ0) is 13.8. The van der Waals surface area contributed by atoms with Crippen LogP contribution in [0, 0.1) is 5.82 Å². The number of carboxylic acid groups (broad SMARTS) is 1. The highest BCUT2D eigenvalue weighted by molar-refractivity contribution is 6.28. The second kappa shape index (κ2) is 5.48. The first-order chi connectivity index (χ1) is 8.39. The van der Waals surface area contributed by atoms with Gasteiger partial charge in [-0.2, -0.15) is 4.98 Å². The quantitative estimate of drug-likeness (QED) is 0.367. The molecule has 0 aliphatic carbocycles. The molecule has 8 nitrogen and oxygen atoms in total. The van der Waals surface area contributed by atoms with E-state index < -0.39 is 23.9 Å². The van der Waals surface area contributed by atoms with E-state index >= 15 is 0 Å². The number of nitrogens with zero attached hydrogens (tertiary/aromatic N) is 5. The fourth-order valence-corrected chi connectivity index (χ4v) is 1.16. The lowest BCUT2D eigenvalue weighted by Crippen LogP contribution is -2.46. The summed E-state index contributed by atoms with van der Waals surface area (Å²) in [4.78, 5) is 20.4. The number of nitrogens with one attached hydrogen (secondary N) is 1. The van der Waals surface area contributed by atoms with Crippen LogP contribution in [0.2, 0.25) is 5.28 Å². The van der Waals surface area contributed by atoms with Crippen molar-refractivity contribution in [2.24, 2.45) is 5.11 Å². The first kappa shape index (κ1) is 13.9. The highest BCUT2D eigenvalue weighted by Gasteiger charge is 2.33. The first-order valence-corrected chi connectivity index (χ1v) is 4.97. The number of aromatic nitrogens is 2. The number of carboxylic acids is 1. The molecule has 10 heteroatoms. The summed E-state index contributed by atoms with van der Waals surface area (Å²) >= 11 is 5.47. The average Bonchev–Trinajstić information content (AvgIpc) is 2.31. The van der Waals surface area contributed by atoms with Crippen molar-refractivity contribution in [3.8, 4) is 0 Å². The summed E-state index contributed by atoms with van der Waals surface area (Å²) in [5, 5.41) is 14.3. The van der Waals surface area contributed by atoms with E-state index in [4.69, 9.17) is 22.2 Å². The van der Waals surface area contributed by atoms with E-state index in [-0.39, 0.29) is 11.1 Å². The first-order valence-electron chi connectivity index (χ1n) is 4.59. The lowest BCUT2D eigenvalue weighted by Gasteiger charge is -2.24. The Hall–Kier alpha value is -2.12. The Labute approximate surface area is 105 Å². The van der Waals surface area contributed by atoms with E-state index in [2.05, 4.69) is 25.3 Å². The van der Waals surface area contributed by atoms with E-state index in [1.807, 2.05) is 0 Å². The van der Waals surface area contributed by atoms with Gasteiger partial charge < -0.3 is 10.4 Å². The standard InChI is InChI=1S/C8H8ClFN6O2/c1-8(6(17)18,3-13-16-11)15-5-4(10)2-12-7(9)14-5/h2H,3H2,1H3,(H,17,18)(H,12,14,15). The second-order valence-electron chi connectivity index (χ2n) is 3.49. The lowest BCUT2D eigenvalue weighted by atomic mass is 10.0. The molecule has 1 atom stereocenters. The highest BCUT2D eigenvalue weighted by atomic mass is 35.5. The maximum atomic E-state index is 13.3. The van der Waals surface area contributed by atoms with Crippen molar-refractivity contribution >= 4 is 23.4 Å². The predicted octanol–water partition coefficient (Wildman–Crippen LogP) is 1.83. The van der Waals surface area contributed by atoms with E-state index in [9.17, 15) is 9.18 Å². The SMILES string of the molecule is CC(CN=[N+]=[N-])(Nc1nc(Cl)ncc1F)C(=O)O. The number of hydrogen-bond donors (Lipinski definition) is 2. The molecule has 0 saturated heterocycles. The summed E-state index contributed by atoms with van der Waals surface area (Å²) in [7, 11) is 0. The predicted molar refractivity (Wildman–Crippen MR) is 60.7 cm³/mol. The molecule has 0 spiro atoms. The Balaban J connectivity index is 3.06. The van der Waals surface area contributed by atoms with Crippen molar-refractivity contribution in [2.75, 3.05) is 11.9 Å². The number of anilines is 1. The van der Waals surface area contributed by atoms with E-state index in [0.717, 1.165) is 6.20 Å². The molecule has 2 N–H and O–H groups in total. The average molecular weight is 275 g/mol. The third kappa shape index (κ3) is 3.19. The summed E-state index contributed by atoms with van der Waals surface area (Å²) in [6.07, 6.45) is 0.799. The topological polar surface area (TPSA) is 124 Å². The second-order valence-corrected chi connectivity index (χ2v) is 3.82. The summed E-state index contributed by atoms with van der Waals surface area (Å²) in [6.45, 7) is 0.791.